The van der Waals surface area contributed by atoms with Crippen molar-refractivity contribution < 1.29 is 4.79 Å². The summed E-state index contributed by atoms with van der Waals surface area (Å²) in [5, 5.41) is 6.06. The molecule has 5 heteroatoms. The number of hydrogen-bond acceptors (Lipinski definition) is 4. The number of hydrogen-bond donors (Lipinski definition) is 2. The second-order valence-corrected chi connectivity index (χ2v) is 6.55. The molecule has 1 heterocycles. The Bertz CT molecular complexity index is 937. The van der Waals surface area contributed by atoms with Crippen LogP contribution in [-0.4, -0.2) is 15.9 Å². The Hall–Kier alpha value is -3.47. The molecular formula is C23H24N4O. The lowest BCUT2D eigenvalue weighted by Crippen LogP contribution is -2.07. The number of benzene rings is 2. The van der Waals surface area contributed by atoms with Gasteiger partial charge < -0.3 is 10.6 Å². The third kappa shape index (κ3) is 5.51. The number of anilines is 3. The van der Waals surface area contributed by atoms with Crippen molar-refractivity contribution in [3.05, 3.63) is 90.4 Å². The van der Waals surface area contributed by atoms with E-state index in [4.69, 9.17) is 0 Å². The standard InChI is InChI=1S/C23H24N4O/c1-3-22(28)25-19-12-14-20(15-13-19)26-23-17(2)16-24-21(27-23)11-7-10-18-8-5-4-6-9-18/h3-6,8-9,12-16H,1,7,10-11H2,2H3,(H,25,28)(H,24,26,27). The summed E-state index contributed by atoms with van der Waals surface area (Å²) in [5.74, 6) is 1.40. The van der Waals surface area contributed by atoms with Crippen molar-refractivity contribution in [3.63, 3.8) is 0 Å². The van der Waals surface area contributed by atoms with Crippen molar-refractivity contribution in [3.8, 4) is 0 Å². The van der Waals surface area contributed by atoms with E-state index in [0.29, 0.717) is 0 Å². The molecule has 28 heavy (non-hydrogen) atoms. The Labute approximate surface area is 165 Å². The molecule has 3 rings (SSSR count). The normalized spacial score (nSPS) is 10.3. The molecule has 0 radical (unpaired) electrons. The number of carbonyl (C=O) groups is 1. The molecule has 0 aliphatic carbocycles. The highest BCUT2D eigenvalue weighted by atomic mass is 16.1. The number of amides is 1. The van der Waals surface area contributed by atoms with Crippen LogP contribution in [0, 0.1) is 6.92 Å². The summed E-state index contributed by atoms with van der Waals surface area (Å²) in [6.45, 7) is 5.43. The molecule has 3 aromatic rings. The smallest absolute Gasteiger partial charge is 0.247 e. The predicted molar refractivity (Wildman–Crippen MR) is 114 cm³/mol. The minimum atomic E-state index is -0.229. The Morgan fingerprint density at radius 3 is 2.46 bits per heavy atom. The van der Waals surface area contributed by atoms with Gasteiger partial charge in [-0.1, -0.05) is 36.9 Å². The van der Waals surface area contributed by atoms with Crippen LogP contribution in [0.5, 0.6) is 0 Å². The lowest BCUT2D eigenvalue weighted by molar-refractivity contribution is -0.111. The third-order valence-electron chi connectivity index (χ3n) is 4.33. The average molecular weight is 372 g/mol. The van der Waals surface area contributed by atoms with Crippen LogP contribution in [0.3, 0.4) is 0 Å². The van der Waals surface area contributed by atoms with Crippen LogP contribution in [0.15, 0.2) is 73.4 Å². The number of aryl methyl sites for hydroxylation is 3. The maximum absolute atomic E-state index is 11.4. The third-order valence-corrected chi connectivity index (χ3v) is 4.33. The van der Waals surface area contributed by atoms with Crippen LogP contribution >= 0.6 is 0 Å². The number of carbonyl (C=O) groups excluding carboxylic acids is 1. The first-order chi connectivity index (χ1) is 13.6. The highest BCUT2D eigenvalue weighted by molar-refractivity contribution is 5.98. The first kappa shape index (κ1) is 19.3. The highest BCUT2D eigenvalue weighted by Gasteiger charge is 2.06. The summed E-state index contributed by atoms with van der Waals surface area (Å²) in [5.41, 5.74) is 3.93. The molecule has 0 aliphatic heterocycles. The summed E-state index contributed by atoms with van der Waals surface area (Å²) in [6.07, 6.45) is 5.95. The van der Waals surface area contributed by atoms with E-state index in [2.05, 4.69) is 51.4 Å². The van der Waals surface area contributed by atoms with Gasteiger partial charge in [0.1, 0.15) is 11.6 Å². The van der Waals surface area contributed by atoms with Crippen molar-refractivity contribution in [2.24, 2.45) is 0 Å². The summed E-state index contributed by atoms with van der Waals surface area (Å²) in [7, 11) is 0. The van der Waals surface area contributed by atoms with Gasteiger partial charge in [0, 0.05) is 29.6 Å². The number of rotatable bonds is 8. The van der Waals surface area contributed by atoms with E-state index in [9.17, 15) is 4.79 Å². The molecule has 0 spiro atoms. The first-order valence-corrected chi connectivity index (χ1v) is 9.31. The number of nitrogens with one attached hydrogen (secondary N) is 2. The monoisotopic (exact) mass is 372 g/mol. The van der Waals surface area contributed by atoms with E-state index in [1.807, 2.05) is 43.5 Å². The van der Waals surface area contributed by atoms with Crippen LogP contribution in [0.4, 0.5) is 17.2 Å². The van der Waals surface area contributed by atoms with E-state index in [0.717, 1.165) is 47.8 Å². The molecule has 2 aromatic carbocycles. The molecule has 2 N–H and O–H groups in total. The van der Waals surface area contributed by atoms with E-state index < -0.39 is 0 Å². The second kappa shape index (κ2) is 9.46. The first-order valence-electron chi connectivity index (χ1n) is 9.31. The van der Waals surface area contributed by atoms with Gasteiger partial charge in [0.05, 0.1) is 0 Å². The van der Waals surface area contributed by atoms with Crippen molar-refractivity contribution in [1.82, 2.24) is 9.97 Å². The van der Waals surface area contributed by atoms with Crippen molar-refractivity contribution in [2.75, 3.05) is 10.6 Å². The van der Waals surface area contributed by atoms with E-state index >= 15 is 0 Å². The number of nitrogens with zero attached hydrogens (tertiary/aromatic N) is 2. The highest BCUT2D eigenvalue weighted by Crippen LogP contribution is 2.20. The van der Waals surface area contributed by atoms with Gasteiger partial charge in [0.25, 0.3) is 0 Å². The van der Waals surface area contributed by atoms with Crippen LogP contribution in [-0.2, 0) is 17.6 Å². The zero-order valence-electron chi connectivity index (χ0n) is 16.0. The van der Waals surface area contributed by atoms with Gasteiger partial charge in [-0.3, -0.25) is 4.79 Å². The molecule has 0 aliphatic rings. The van der Waals surface area contributed by atoms with Gasteiger partial charge in [-0.25, -0.2) is 9.97 Å². The number of aromatic nitrogens is 2. The predicted octanol–water partition coefficient (Wildman–Crippen LogP) is 4.83. The topological polar surface area (TPSA) is 66.9 Å². The van der Waals surface area contributed by atoms with E-state index in [-0.39, 0.29) is 5.91 Å². The quantitative estimate of drug-likeness (QED) is 0.556. The fraction of sp³-hybridized carbons (Fsp3) is 0.174. The molecule has 1 aromatic heterocycles. The zero-order valence-corrected chi connectivity index (χ0v) is 16.0. The lowest BCUT2D eigenvalue weighted by Gasteiger charge is -2.11. The van der Waals surface area contributed by atoms with Gasteiger partial charge in [0.2, 0.25) is 5.91 Å². The van der Waals surface area contributed by atoms with Gasteiger partial charge in [-0.05, 0) is 55.7 Å². The Balaban J connectivity index is 1.61. The van der Waals surface area contributed by atoms with Crippen LogP contribution in [0.2, 0.25) is 0 Å². The molecule has 0 atom stereocenters. The largest absolute Gasteiger partial charge is 0.340 e. The van der Waals surface area contributed by atoms with Crippen molar-refractivity contribution in [1.29, 1.82) is 0 Å². The zero-order chi connectivity index (χ0) is 19.8. The molecule has 0 saturated carbocycles. The van der Waals surface area contributed by atoms with Gasteiger partial charge in [0.15, 0.2) is 0 Å². The molecule has 0 fully saturated rings. The Morgan fingerprint density at radius 2 is 1.75 bits per heavy atom. The summed E-state index contributed by atoms with van der Waals surface area (Å²) < 4.78 is 0. The van der Waals surface area contributed by atoms with Crippen molar-refractivity contribution in [2.45, 2.75) is 26.2 Å². The summed E-state index contributed by atoms with van der Waals surface area (Å²) in [6, 6.07) is 17.9. The minimum absolute atomic E-state index is 0.229. The van der Waals surface area contributed by atoms with Crippen molar-refractivity contribution >= 4 is 23.1 Å². The van der Waals surface area contributed by atoms with Crippen LogP contribution < -0.4 is 10.6 Å². The molecule has 142 valence electrons. The maximum atomic E-state index is 11.4. The molecule has 0 saturated heterocycles. The molecular weight excluding hydrogens is 348 g/mol. The average Bonchev–Trinajstić information content (AvgIpc) is 2.72. The molecule has 0 unspecified atom stereocenters. The maximum Gasteiger partial charge on any atom is 0.247 e. The van der Waals surface area contributed by atoms with Gasteiger partial charge in [-0.2, -0.15) is 0 Å². The Morgan fingerprint density at radius 1 is 1.04 bits per heavy atom. The van der Waals surface area contributed by atoms with Gasteiger partial charge >= 0.3 is 0 Å². The fourth-order valence-corrected chi connectivity index (χ4v) is 2.79. The van der Waals surface area contributed by atoms with Gasteiger partial charge in [-0.15, -0.1) is 0 Å². The Kier molecular flexibility index (Phi) is 6.52. The molecule has 5 nitrogen and oxygen atoms in total. The lowest BCUT2D eigenvalue weighted by atomic mass is 10.1. The minimum Gasteiger partial charge on any atom is -0.340 e. The SMILES string of the molecule is C=CC(=O)Nc1ccc(Nc2nc(CCCc3ccccc3)ncc2C)cc1. The molecule has 1 amide bonds. The van der Waals surface area contributed by atoms with Crippen LogP contribution in [0.1, 0.15) is 23.4 Å². The fourth-order valence-electron chi connectivity index (χ4n) is 2.79. The second-order valence-electron chi connectivity index (χ2n) is 6.55. The van der Waals surface area contributed by atoms with Crippen LogP contribution in [0.25, 0.3) is 0 Å². The molecule has 0 bridgehead atoms. The van der Waals surface area contributed by atoms with E-state index in [1.165, 1.54) is 11.6 Å². The summed E-state index contributed by atoms with van der Waals surface area (Å²) >= 11 is 0. The summed E-state index contributed by atoms with van der Waals surface area (Å²) in [4.78, 5) is 20.5. The van der Waals surface area contributed by atoms with E-state index in [1.54, 1.807) is 0 Å².